The van der Waals surface area contributed by atoms with Gasteiger partial charge in [0.2, 0.25) is 13.0 Å². The molecule has 0 N–H and O–H groups in total. The van der Waals surface area contributed by atoms with Crippen molar-refractivity contribution in [1.29, 1.82) is 0 Å². The van der Waals surface area contributed by atoms with Gasteiger partial charge in [0.1, 0.15) is 0 Å². The first-order chi connectivity index (χ1) is 8.38. The van der Waals surface area contributed by atoms with E-state index in [1.165, 1.54) is 0 Å². The van der Waals surface area contributed by atoms with Crippen molar-refractivity contribution >= 4 is 26.0 Å². The molecule has 19 heavy (non-hydrogen) atoms. The van der Waals surface area contributed by atoms with Gasteiger partial charge in [0.05, 0.1) is 0 Å². The molecule has 0 saturated carbocycles. The van der Waals surface area contributed by atoms with E-state index in [9.17, 15) is 13.0 Å². The predicted molar refractivity (Wildman–Crippen MR) is 76.9 cm³/mol. The van der Waals surface area contributed by atoms with Gasteiger partial charge in [-0.3, -0.25) is 4.57 Å². The second kappa shape index (κ2) is 6.50. The number of hydrogen-bond acceptors (Lipinski definition) is 6. The summed E-state index contributed by atoms with van der Waals surface area (Å²) < 4.78 is 50.7. The smallest absolute Gasteiger partial charge is 0.311 e. The summed E-state index contributed by atoms with van der Waals surface area (Å²) in [5.41, 5.74) is 3.04. The molecule has 0 heterocycles. The monoisotopic (exact) mass is 328 g/mol. The third kappa shape index (κ3) is 5.75. The molecule has 112 valence electrons. The van der Waals surface area contributed by atoms with Gasteiger partial charge in [0.15, 0.2) is 0 Å². The van der Waals surface area contributed by atoms with Crippen LogP contribution in [0.25, 0.3) is 0 Å². The van der Waals surface area contributed by atoms with Crippen LogP contribution in [0.15, 0.2) is 16.0 Å². The van der Waals surface area contributed by atoms with E-state index in [1.54, 1.807) is 33.5 Å². The molecule has 0 aliphatic rings. The van der Waals surface area contributed by atoms with Crippen LogP contribution >= 0.6 is 7.60 Å². The Kier molecular flexibility index (Phi) is 6.43. The summed E-state index contributed by atoms with van der Waals surface area (Å²) in [7, 11) is -8.36. The van der Waals surface area contributed by atoms with Gasteiger partial charge in [-0.2, -0.15) is 8.42 Å². The summed E-state index contributed by atoms with van der Waals surface area (Å²) >= 11 is 0. The standard InChI is InChI=1S/C10H21O6PSSi/c1-9(2)8-10(17(11,14-3)15-4)18(12,13)16-19(5,6)7/h1-7H3. The van der Waals surface area contributed by atoms with Crippen LogP contribution in [0.5, 0.6) is 0 Å². The Morgan fingerprint density at radius 3 is 1.79 bits per heavy atom. The second-order valence-corrected chi connectivity index (χ2v) is 13.6. The number of allylic oxidation sites excluding steroid dienone is 1. The van der Waals surface area contributed by atoms with Gasteiger partial charge in [-0.15, -0.1) is 0 Å². The minimum atomic E-state index is -4.22. The molecular weight excluding hydrogens is 307 g/mol. The zero-order valence-corrected chi connectivity index (χ0v) is 15.0. The third-order valence-corrected chi connectivity index (χ3v) is 8.05. The molecular formula is C10H21O6PSSi. The fraction of sp³-hybridized carbons (Fsp3) is 0.700. The van der Waals surface area contributed by atoms with Gasteiger partial charge in [0.25, 0.3) is 0 Å². The summed E-state index contributed by atoms with van der Waals surface area (Å²) in [6.07, 6.45) is 0. The van der Waals surface area contributed by atoms with Crippen LogP contribution in [0, 0.1) is 0 Å². The van der Waals surface area contributed by atoms with Crippen LogP contribution in [-0.2, 0) is 27.6 Å². The quantitative estimate of drug-likeness (QED) is 0.423. The maximum absolute atomic E-state index is 12.3. The highest BCUT2D eigenvalue weighted by Crippen LogP contribution is 2.57. The Morgan fingerprint density at radius 2 is 1.53 bits per heavy atom. The van der Waals surface area contributed by atoms with Crippen molar-refractivity contribution < 1.29 is 25.9 Å². The first-order valence-corrected chi connectivity index (χ1v) is 11.9. The molecule has 0 spiro atoms. The molecule has 6 nitrogen and oxygen atoms in total. The third-order valence-electron chi connectivity index (χ3n) is 1.68. The summed E-state index contributed by atoms with van der Waals surface area (Å²) in [6.45, 7) is 8.36. The van der Waals surface area contributed by atoms with Gasteiger partial charge in [0, 0.05) is 14.2 Å². The van der Waals surface area contributed by atoms with Crippen LogP contribution in [0.3, 0.4) is 0 Å². The maximum atomic E-state index is 12.3. The van der Waals surface area contributed by atoms with Gasteiger partial charge in [-0.05, 0) is 39.1 Å². The van der Waals surface area contributed by atoms with Gasteiger partial charge in [-0.1, -0.05) is 5.73 Å². The number of hydrogen-bond donors (Lipinski definition) is 0. The first kappa shape index (κ1) is 18.8. The van der Waals surface area contributed by atoms with E-state index in [1.807, 2.05) is 0 Å². The lowest BCUT2D eigenvalue weighted by atomic mass is 10.4. The lowest BCUT2D eigenvalue weighted by molar-refractivity contribution is 0.284. The average molecular weight is 328 g/mol. The Labute approximate surface area is 116 Å². The first-order valence-electron chi connectivity index (χ1n) is 5.50. The van der Waals surface area contributed by atoms with Crippen LogP contribution in [-0.4, -0.2) is 31.0 Å². The van der Waals surface area contributed by atoms with E-state index in [4.69, 9.17) is 12.9 Å². The van der Waals surface area contributed by atoms with Crippen molar-refractivity contribution in [3.63, 3.8) is 0 Å². The van der Waals surface area contributed by atoms with Crippen molar-refractivity contribution in [1.82, 2.24) is 0 Å². The van der Waals surface area contributed by atoms with Crippen LogP contribution in [0.1, 0.15) is 13.8 Å². The van der Waals surface area contributed by atoms with Crippen molar-refractivity contribution in [2.75, 3.05) is 14.2 Å². The molecule has 0 fully saturated rings. The molecule has 0 rings (SSSR count). The van der Waals surface area contributed by atoms with Crippen molar-refractivity contribution in [2.24, 2.45) is 0 Å². The molecule has 0 aliphatic carbocycles. The fourth-order valence-corrected chi connectivity index (χ4v) is 7.09. The largest absolute Gasteiger partial charge is 0.382 e. The van der Waals surface area contributed by atoms with E-state index < -0.39 is 30.7 Å². The van der Waals surface area contributed by atoms with E-state index in [0.29, 0.717) is 5.57 Å². The predicted octanol–water partition coefficient (Wildman–Crippen LogP) is 3.06. The average Bonchev–Trinajstić information content (AvgIpc) is 2.21. The van der Waals surface area contributed by atoms with Crippen LogP contribution < -0.4 is 0 Å². The molecule has 0 amide bonds. The lowest BCUT2D eigenvalue weighted by Crippen LogP contribution is -2.30. The highest BCUT2D eigenvalue weighted by molar-refractivity contribution is 8.00. The maximum Gasteiger partial charge on any atom is 0.382 e. The minimum absolute atomic E-state index is 0.520. The Bertz CT molecular complexity index is 527. The molecule has 0 saturated heterocycles. The Morgan fingerprint density at radius 1 is 1.11 bits per heavy atom. The van der Waals surface area contributed by atoms with Crippen LogP contribution in [0.2, 0.25) is 19.6 Å². The molecule has 0 bridgehead atoms. The van der Waals surface area contributed by atoms with E-state index in [0.717, 1.165) is 14.2 Å². The Hall–Kier alpha value is -0.203. The summed E-state index contributed by atoms with van der Waals surface area (Å²) in [4.78, 5) is 0. The van der Waals surface area contributed by atoms with E-state index in [2.05, 4.69) is 5.73 Å². The van der Waals surface area contributed by atoms with Crippen molar-refractivity contribution in [2.45, 2.75) is 33.5 Å². The van der Waals surface area contributed by atoms with Crippen molar-refractivity contribution in [3.05, 3.63) is 16.0 Å². The zero-order chi connectivity index (χ0) is 15.5. The molecule has 0 atom stereocenters. The fourth-order valence-electron chi connectivity index (χ4n) is 1.09. The highest BCUT2D eigenvalue weighted by atomic mass is 32.2. The lowest BCUT2D eigenvalue weighted by Gasteiger charge is -2.20. The zero-order valence-electron chi connectivity index (χ0n) is 12.3. The van der Waals surface area contributed by atoms with Gasteiger partial charge in [-0.25, -0.2) is 0 Å². The molecule has 9 heteroatoms. The molecule has 0 aromatic heterocycles. The molecule has 0 aromatic rings. The highest BCUT2D eigenvalue weighted by Gasteiger charge is 2.41. The summed E-state index contributed by atoms with van der Waals surface area (Å²) in [5.74, 6) is 0. The van der Waals surface area contributed by atoms with E-state index >= 15 is 0 Å². The molecule has 0 unspecified atom stereocenters. The minimum Gasteiger partial charge on any atom is -0.311 e. The molecule has 0 aliphatic heterocycles. The van der Waals surface area contributed by atoms with Crippen LogP contribution in [0.4, 0.5) is 0 Å². The summed E-state index contributed by atoms with van der Waals surface area (Å²) in [6, 6.07) is 0. The second-order valence-electron chi connectivity index (χ2n) is 4.94. The molecule has 0 aromatic carbocycles. The SMILES string of the molecule is COP(=O)(OC)C(=C=C(C)C)S(=O)(=O)O[Si](C)(C)C. The normalized spacial score (nSPS) is 13.0. The number of rotatable bonds is 6. The van der Waals surface area contributed by atoms with Crippen molar-refractivity contribution in [3.8, 4) is 0 Å². The van der Waals surface area contributed by atoms with Gasteiger partial charge < -0.3 is 12.9 Å². The molecule has 0 radical (unpaired) electrons. The van der Waals surface area contributed by atoms with Gasteiger partial charge >= 0.3 is 17.7 Å². The summed E-state index contributed by atoms with van der Waals surface area (Å²) in [5, 5.41) is 0. The Balaban J connectivity index is 6.11. The van der Waals surface area contributed by atoms with E-state index in [-0.39, 0.29) is 0 Å². The topological polar surface area (TPSA) is 78.9 Å².